The Morgan fingerprint density at radius 1 is 0.902 bits per heavy atom. The van der Waals surface area contributed by atoms with E-state index in [-0.39, 0.29) is 42.6 Å². The minimum atomic E-state index is -0.296. The number of rotatable bonds is 12. The first-order chi connectivity index (χ1) is 20.0. The first kappa shape index (κ1) is 28.2. The van der Waals surface area contributed by atoms with Gasteiger partial charge in [0.05, 0.1) is 12.1 Å². The molecule has 0 unspecified atom stereocenters. The number of nitrogens with one attached hydrogen (secondary N) is 2. The second-order valence-electron chi connectivity index (χ2n) is 10.4. The Morgan fingerprint density at radius 3 is 2.15 bits per heavy atom. The van der Waals surface area contributed by atoms with Crippen LogP contribution >= 0.6 is 11.3 Å². The van der Waals surface area contributed by atoms with E-state index in [9.17, 15) is 14.4 Å². The molecule has 0 spiro atoms. The van der Waals surface area contributed by atoms with Crippen molar-refractivity contribution in [3.8, 4) is 0 Å². The van der Waals surface area contributed by atoms with Crippen LogP contribution in [0.2, 0.25) is 0 Å². The fraction of sp³-hybridized carbons (Fsp3) is 0.273. The van der Waals surface area contributed by atoms with E-state index in [1.54, 1.807) is 22.4 Å². The van der Waals surface area contributed by atoms with E-state index in [0.29, 0.717) is 22.9 Å². The molecule has 41 heavy (non-hydrogen) atoms. The molecule has 1 saturated carbocycles. The number of carbonyl (C=O) groups excluding carboxylic acids is 3. The molecule has 3 aromatic carbocycles. The Bertz CT molecular complexity index is 1430. The molecule has 1 aliphatic carbocycles. The summed E-state index contributed by atoms with van der Waals surface area (Å²) in [6.07, 6.45) is 2.71. The first-order valence-electron chi connectivity index (χ1n) is 13.9. The number of carbonyl (C=O) groups is 3. The van der Waals surface area contributed by atoms with Crippen molar-refractivity contribution < 1.29 is 14.4 Å². The Morgan fingerprint density at radius 2 is 1.54 bits per heavy atom. The predicted octanol–water partition coefficient (Wildman–Crippen LogP) is 5.58. The maximum Gasteiger partial charge on any atom is 0.254 e. The SMILES string of the molecule is Cc1ccc(C(=O)N(CC(=O)Nc2nc(CC(=O)NCCC(c3ccccc3)c3ccccc3)cs2)C2CC2)cc1. The quantitative estimate of drug-likeness (QED) is 0.234. The van der Waals surface area contributed by atoms with Crippen LogP contribution < -0.4 is 10.6 Å². The zero-order valence-corrected chi connectivity index (χ0v) is 23.9. The van der Waals surface area contributed by atoms with E-state index >= 15 is 0 Å². The Hall–Kier alpha value is -4.30. The van der Waals surface area contributed by atoms with Gasteiger partial charge in [-0.1, -0.05) is 78.4 Å². The molecule has 5 rings (SSSR count). The van der Waals surface area contributed by atoms with Crippen LogP contribution in [0.4, 0.5) is 5.13 Å². The van der Waals surface area contributed by atoms with Crippen LogP contribution in [-0.2, 0) is 16.0 Å². The number of anilines is 1. The molecule has 1 heterocycles. The highest BCUT2D eigenvalue weighted by molar-refractivity contribution is 7.13. The van der Waals surface area contributed by atoms with E-state index in [2.05, 4.69) is 39.9 Å². The van der Waals surface area contributed by atoms with Crippen molar-refractivity contribution in [1.82, 2.24) is 15.2 Å². The van der Waals surface area contributed by atoms with Gasteiger partial charge in [0.15, 0.2) is 5.13 Å². The molecule has 0 atom stereocenters. The Kier molecular flexibility index (Phi) is 9.21. The third-order valence-corrected chi connectivity index (χ3v) is 7.97. The molecule has 1 aliphatic rings. The number of aryl methyl sites for hydroxylation is 1. The molecule has 0 bridgehead atoms. The molecular weight excluding hydrogens is 532 g/mol. The number of thiazole rings is 1. The summed E-state index contributed by atoms with van der Waals surface area (Å²) in [6.45, 7) is 2.48. The van der Waals surface area contributed by atoms with Gasteiger partial charge in [0.2, 0.25) is 11.8 Å². The standard InChI is InChI=1S/C33H34N4O3S/c1-23-12-14-26(15-13-23)32(40)37(28-16-17-28)21-31(39)36-33-35-27(22-41-33)20-30(38)34-19-18-29(24-8-4-2-5-9-24)25-10-6-3-7-11-25/h2-15,22,28-29H,16-21H2,1H3,(H,34,38)(H,35,36,39). The molecule has 7 nitrogen and oxygen atoms in total. The van der Waals surface area contributed by atoms with Crippen molar-refractivity contribution in [3.63, 3.8) is 0 Å². The van der Waals surface area contributed by atoms with E-state index in [1.165, 1.54) is 22.5 Å². The molecule has 4 aromatic rings. The summed E-state index contributed by atoms with van der Waals surface area (Å²) in [6, 6.07) is 28.1. The van der Waals surface area contributed by atoms with Crippen LogP contribution in [0.3, 0.4) is 0 Å². The molecular formula is C33H34N4O3S. The first-order valence-corrected chi connectivity index (χ1v) is 14.8. The number of hydrogen-bond acceptors (Lipinski definition) is 5. The van der Waals surface area contributed by atoms with Crippen molar-refractivity contribution in [1.29, 1.82) is 0 Å². The fourth-order valence-electron chi connectivity index (χ4n) is 4.85. The third-order valence-electron chi connectivity index (χ3n) is 7.16. The number of nitrogens with zero attached hydrogens (tertiary/aromatic N) is 2. The van der Waals surface area contributed by atoms with E-state index in [1.807, 2.05) is 55.5 Å². The molecule has 210 valence electrons. The normalized spacial score (nSPS) is 12.6. The van der Waals surface area contributed by atoms with Crippen LogP contribution in [0.1, 0.15) is 57.9 Å². The minimum Gasteiger partial charge on any atom is -0.356 e. The highest BCUT2D eigenvalue weighted by Gasteiger charge is 2.34. The van der Waals surface area contributed by atoms with Gasteiger partial charge in [-0.15, -0.1) is 11.3 Å². The van der Waals surface area contributed by atoms with Crippen LogP contribution in [0.25, 0.3) is 0 Å². The lowest BCUT2D eigenvalue weighted by Crippen LogP contribution is -2.39. The Balaban J connectivity index is 1.11. The number of hydrogen-bond donors (Lipinski definition) is 2. The van der Waals surface area contributed by atoms with Gasteiger partial charge in [0, 0.05) is 29.4 Å². The monoisotopic (exact) mass is 566 g/mol. The lowest BCUT2D eigenvalue weighted by atomic mass is 9.88. The largest absolute Gasteiger partial charge is 0.356 e. The van der Waals surface area contributed by atoms with E-state index in [0.717, 1.165) is 24.8 Å². The van der Waals surface area contributed by atoms with E-state index in [4.69, 9.17) is 0 Å². The maximum atomic E-state index is 13.0. The maximum absolute atomic E-state index is 13.0. The molecule has 1 fully saturated rings. The van der Waals surface area contributed by atoms with Crippen LogP contribution in [0, 0.1) is 6.92 Å². The smallest absolute Gasteiger partial charge is 0.254 e. The van der Waals surface area contributed by atoms with Crippen LogP contribution in [0.5, 0.6) is 0 Å². The van der Waals surface area contributed by atoms with Gasteiger partial charge in [-0.2, -0.15) is 0 Å². The topological polar surface area (TPSA) is 91.4 Å². The highest BCUT2D eigenvalue weighted by Crippen LogP contribution is 2.29. The van der Waals surface area contributed by atoms with Crippen LogP contribution in [0.15, 0.2) is 90.3 Å². The van der Waals surface area contributed by atoms with Crippen molar-refractivity contribution in [3.05, 3.63) is 118 Å². The molecule has 3 amide bonds. The summed E-state index contributed by atoms with van der Waals surface area (Å²) >= 11 is 1.27. The predicted molar refractivity (Wildman–Crippen MR) is 162 cm³/mol. The molecule has 1 aromatic heterocycles. The second kappa shape index (κ2) is 13.4. The zero-order chi connectivity index (χ0) is 28.6. The van der Waals surface area contributed by atoms with E-state index < -0.39 is 0 Å². The summed E-state index contributed by atoms with van der Waals surface area (Å²) in [7, 11) is 0. The van der Waals surface area contributed by atoms with Gasteiger partial charge >= 0.3 is 0 Å². The lowest BCUT2D eigenvalue weighted by Gasteiger charge is -2.21. The summed E-state index contributed by atoms with van der Waals surface area (Å²) < 4.78 is 0. The van der Waals surface area contributed by atoms with Gasteiger partial charge in [-0.05, 0) is 49.4 Å². The lowest BCUT2D eigenvalue weighted by molar-refractivity contribution is -0.120. The van der Waals surface area contributed by atoms with Gasteiger partial charge in [0.1, 0.15) is 6.54 Å². The van der Waals surface area contributed by atoms with Crippen molar-refractivity contribution in [2.24, 2.45) is 0 Å². The molecule has 2 N–H and O–H groups in total. The minimum absolute atomic E-state index is 0.0310. The Labute approximate surface area is 244 Å². The highest BCUT2D eigenvalue weighted by atomic mass is 32.1. The molecule has 0 radical (unpaired) electrons. The number of amides is 3. The summed E-state index contributed by atoms with van der Waals surface area (Å²) in [5, 5.41) is 8.02. The van der Waals surface area contributed by atoms with Crippen molar-refractivity contribution in [2.75, 3.05) is 18.4 Å². The average Bonchev–Trinajstić information content (AvgIpc) is 3.74. The fourth-order valence-corrected chi connectivity index (χ4v) is 5.58. The average molecular weight is 567 g/mol. The summed E-state index contributed by atoms with van der Waals surface area (Å²) in [5.41, 5.74) is 4.69. The summed E-state index contributed by atoms with van der Waals surface area (Å²) in [4.78, 5) is 44.6. The van der Waals surface area contributed by atoms with Gasteiger partial charge in [-0.3, -0.25) is 14.4 Å². The third kappa shape index (κ3) is 7.89. The molecule has 0 aliphatic heterocycles. The van der Waals surface area contributed by atoms with Crippen LogP contribution in [-0.4, -0.2) is 46.7 Å². The van der Waals surface area contributed by atoms with Gasteiger partial charge in [0.25, 0.3) is 5.91 Å². The summed E-state index contributed by atoms with van der Waals surface area (Å²) in [5.74, 6) is -0.361. The molecule has 8 heteroatoms. The van der Waals surface area contributed by atoms with Gasteiger partial charge in [-0.25, -0.2) is 4.98 Å². The van der Waals surface area contributed by atoms with Gasteiger partial charge < -0.3 is 15.5 Å². The number of benzene rings is 3. The zero-order valence-electron chi connectivity index (χ0n) is 23.1. The van der Waals surface area contributed by atoms with Crippen molar-refractivity contribution in [2.45, 2.75) is 44.6 Å². The van der Waals surface area contributed by atoms with Crippen molar-refractivity contribution >= 4 is 34.2 Å². The number of aromatic nitrogens is 1. The second-order valence-corrected chi connectivity index (χ2v) is 11.3. The molecule has 0 saturated heterocycles.